The van der Waals surface area contributed by atoms with E-state index in [1.54, 1.807) is 32.0 Å². The van der Waals surface area contributed by atoms with Gasteiger partial charge >= 0.3 is 0 Å². The van der Waals surface area contributed by atoms with E-state index < -0.39 is 21.5 Å². The van der Waals surface area contributed by atoms with Gasteiger partial charge in [0.15, 0.2) is 11.5 Å². The number of rotatable bonds is 8. The monoisotopic (exact) mass is 481 g/mol. The Kier molecular flexibility index (Phi) is 7.89. The number of anilines is 1. The quantitative estimate of drug-likeness (QED) is 0.611. The first-order valence-corrected chi connectivity index (χ1v) is 13.1. The number of piperazine rings is 1. The van der Waals surface area contributed by atoms with E-state index in [0.717, 1.165) is 36.4 Å². The maximum atomic E-state index is 13.6. The van der Waals surface area contributed by atoms with E-state index in [9.17, 15) is 18.0 Å². The van der Waals surface area contributed by atoms with Gasteiger partial charge in [0.25, 0.3) is 0 Å². The van der Waals surface area contributed by atoms with E-state index in [-0.39, 0.29) is 30.8 Å². The van der Waals surface area contributed by atoms with Crippen molar-refractivity contribution in [3.63, 3.8) is 0 Å². The first kappa shape index (κ1) is 25.3. The summed E-state index contributed by atoms with van der Waals surface area (Å²) in [4.78, 5) is 28.4. The lowest BCUT2D eigenvalue weighted by Crippen LogP contribution is -2.71. The molecule has 1 aliphatic carbocycles. The maximum absolute atomic E-state index is 13.6. The highest BCUT2D eigenvalue weighted by Crippen LogP contribution is 2.37. The molecule has 2 fully saturated rings. The third kappa shape index (κ3) is 5.27. The molecule has 1 aromatic rings. The minimum atomic E-state index is -3.67. The number of hydrogen-bond acceptors (Lipinski definition) is 6. The van der Waals surface area contributed by atoms with Crippen molar-refractivity contribution in [2.24, 2.45) is 0 Å². The molecule has 1 heterocycles. The molecule has 0 bridgehead atoms. The molecule has 0 unspecified atom stereocenters. The first-order chi connectivity index (χ1) is 15.7. The Balaban J connectivity index is 2.02. The molecule has 1 N–H and O–H groups in total. The largest absolute Gasteiger partial charge is 0.493 e. The van der Waals surface area contributed by atoms with Crippen LogP contribution < -0.4 is 19.7 Å². The molecule has 9 nitrogen and oxygen atoms in total. The molecule has 10 heteroatoms. The topological polar surface area (TPSA) is 105 Å². The molecule has 2 amide bonds. The Bertz CT molecular complexity index is 976. The number of hydrogen-bond donors (Lipinski definition) is 1. The predicted octanol–water partition coefficient (Wildman–Crippen LogP) is 2.30. The van der Waals surface area contributed by atoms with Gasteiger partial charge in [0, 0.05) is 24.3 Å². The van der Waals surface area contributed by atoms with E-state index >= 15 is 0 Å². The highest BCUT2D eigenvalue weighted by atomic mass is 32.2. The number of carbonyl (C=O) groups excluding carboxylic acids is 2. The standard InChI is InChI=1S/C23H35N3O6S/c1-5-13-33(29,30)25-15-21(27)26(18-11-12-19(31-3)20(14-18)32-4)23(2,16-25)22(28)24-17-9-7-6-8-10-17/h11-12,14,17H,5-10,13,15-16H2,1-4H3,(H,24,28)/t23-/m1/s1. The first-order valence-electron chi connectivity index (χ1n) is 11.5. The van der Waals surface area contributed by atoms with E-state index in [1.807, 2.05) is 0 Å². The third-order valence-electron chi connectivity index (χ3n) is 6.45. The molecular formula is C23H35N3O6S. The summed E-state index contributed by atoms with van der Waals surface area (Å²) in [7, 11) is -0.663. The number of ether oxygens (including phenoxy) is 2. The van der Waals surface area contributed by atoms with E-state index in [1.165, 1.54) is 19.1 Å². The summed E-state index contributed by atoms with van der Waals surface area (Å²) in [5.74, 6) is 0.0187. The second-order valence-corrected chi connectivity index (χ2v) is 11.0. The Labute approximate surface area is 196 Å². The van der Waals surface area contributed by atoms with Crippen LogP contribution in [0.1, 0.15) is 52.4 Å². The molecule has 0 spiro atoms. The summed E-state index contributed by atoms with van der Waals surface area (Å²) in [5.41, 5.74) is -0.973. The number of methoxy groups -OCH3 is 2. The number of nitrogens with one attached hydrogen (secondary N) is 1. The van der Waals surface area contributed by atoms with Crippen LogP contribution >= 0.6 is 0 Å². The van der Waals surface area contributed by atoms with Crippen LogP contribution in [0.25, 0.3) is 0 Å². The lowest BCUT2D eigenvalue weighted by Gasteiger charge is -2.47. The minimum Gasteiger partial charge on any atom is -0.493 e. The van der Waals surface area contributed by atoms with Gasteiger partial charge in [0.2, 0.25) is 21.8 Å². The van der Waals surface area contributed by atoms with Gasteiger partial charge in [0.1, 0.15) is 5.54 Å². The van der Waals surface area contributed by atoms with Gasteiger partial charge in [-0.05, 0) is 38.3 Å². The van der Waals surface area contributed by atoms with Crippen LogP contribution in [-0.2, 0) is 19.6 Å². The van der Waals surface area contributed by atoms with Crippen LogP contribution in [0.15, 0.2) is 18.2 Å². The molecule has 0 aromatic heterocycles. The highest BCUT2D eigenvalue weighted by Gasteiger charge is 2.51. The number of benzene rings is 1. The van der Waals surface area contributed by atoms with E-state index in [4.69, 9.17) is 9.47 Å². The van der Waals surface area contributed by atoms with Crippen molar-refractivity contribution in [1.29, 1.82) is 0 Å². The lowest BCUT2D eigenvalue weighted by molar-refractivity contribution is -0.133. The lowest BCUT2D eigenvalue weighted by atomic mass is 9.91. The fraction of sp³-hybridized carbons (Fsp3) is 0.652. The Morgan fingerprint density at radius 2 is 1.82 bits per heavy atom. The summed E-state index contributed by atoms with van der Waals surface area (Å²) in [6.07, 6.45) is 5.41. The van der Waals surface area contributed by atoms with Gasteiger partial charge in [-0.2, -0.15) is 4.31 Å². The van der Waals surface area contributed by atoms with Crippen LogP contribution in [0.2, 0.25) is 0 Å². The Morgan fingerprint density at radius 1 is 1.15 bits per heavy atom. The second kappa shape index (κ2) is 10.3. The highest BCUT2D eigenvalue weighted by molar-refractivity contribution is 7.89. The van der Waals surface area contributed by atoms with Crippen molar-refractivity contribution in [2.45, 2.75) is 64.0 Å². The average molecular weight is 482 g/mol. The molecule has 1 saturated carbocycles. The molecule has 3 rings (SSSR count). The zero-order chi connectivity index (χ0) is 24.2. The van der Waals surface area contributed by atoms with Crippen molar-refractivity contribution in [2.75, 3.05) is 38.0 Å². The molecule has 2 aliphatic rings. The number of sulfonamides is 1. The number of carbonyl (C=O) groups is 2. The van der Waals surface area contributed by atoms with Gasteiger partial charge in [-0.3, -0.25) is 14.5 Å². The smallest absolute Gasteiger partial charge is 0.247 e. The van der Waals surface area contributed by atoms with Gasteiger partial charge in [0.05, 0.1) is 26.5 Å². The van der Waals surface area contributed by atoms with Gasteiger partial charge in [-0.1, -0.05) is 26.2 Å². The van der Waals surface area contributed by atoms with Crippen LogP contribution in [-0.4, -0.2) is 69.2 Å². The normalized spacial score (nSPS) is 22.8. The molecule has 1 aromatic carbocycles. The third-order valence-corrected chi connectivity index (χ3v) is 8.42. The predicted molar refractivity (Wildman–Crippen MR) is 126 cm³/mol. The van der Waals surface area contributed by atoms with Crippen molar-refractivity contribution >= 4 is 27.5 Å². The van der Waals surface area contributed by atoms with Crippen LogP contribution in [0.3, 0.4) is 0 Å². The van der Waals surface area contributed by atoms with Crippen molar-refractivity contribution in [1.82, 2.24) is 9.62 Å². The fourth-order valence-electron chi connectivity index (χ4n) is 4.70. The molecular weight excluding hydrogens is 446 g/mol. The minimum absolute atomic E-state index is 0.0213. The molecule has 1 atom stereocenters. The Morgan fingerprint density at radius 3 is 2.42 bits per heavy atom. The SMILES string of the molecule is CCCS(=O)(=O)N1CC(=O)N(c2ccc(OC)c(OC)c2)[C@@](C)(C(=O)NC2CCCCC2)C1. The van der Waals surface area contributed by atoms with Gasteiger partial charge in [-0.25, -0.2) is 8.42 Å². The number of amides is 2. The summed E-state index contributed by atoms with van der Waals surface area (Å²) < 4.78 is 37.5. The molecule has 1 aliphatic heterocycles. The molecule has 1 saturated heterocycles. The van der Waals surface area contributed by atoms with Gasteiger partial charge in [-0.15, -0.1) is 0 Å². The summed E-state index contributed by atoms with van der Waals surface area (Å²) in [5, 5.41) is 3.09. The van der Waals surface area contributed by atoms with Crippen molar-refractivity contribution < 1.29 is 27.5 Å². The van der Waals surface area contributed by atoms with Gasteiger partial charge < -0.3 is 14.8 Å². The second-order valence-electron chi connectivity index (χ2n) is 8.93. The van der Waals surface area contributed by atoms with Crippen molar-refractivity contribution in [3.8, 4) is 11.5 Å². The van der Waals surface area contributed by atoms with Crippen LogP contribution in [0.5, 0.6) is 11.5 Å². The maximum Gasteiger partial charge on any atom is 0.247 e. The fourth-order valence-corrected chi connectivity index (χ4v) is 6.23. The zero-order valence-corrected chi connectivity index (χ0v) is 20.7. The van der Waals surface area contributed by atoms with E-state index in [0.29, 0.717) is 23.6 Å². The molecule has 184 valence electrons. The van der Waals surface area contributed by atoms with Crippen molar-refractivity contribution in [3.05, 3.63) is 18.2 Å². The summed E-state index contributed by atoms with van der Waals surface area (Å²) in [6.45, 7) is 2.97. The summed E-state index contributed by atoms with van der Waals surface area (Å²) in [6, 6.07) is 5.01. The number of nitrogens with zero attached hydrogens (tertiary/aromatic N) is 2. The average Bonchev–Trinajstić information content (AvgIpc) is 2.79. The molecule has 33 heavy (non-hydrogen) atoms. The van der Waals surface area contributed by atoms with Crippen LogP contribution in [0.4, 0.5) is 5.69 Å². The zero-order valence-electron chi connectivity index (χ0n) is 19.9. The molecule has 0 radical (unpaired) electrons. The van der Waals surface area contributed by atoms with Crippen LogP contribution in [0, 0.1) is 0 Å². The summed E-state index contributed by atoms with van der Waals surface area (Å²) >= 11 is 0. The van der Waals surface area contributed by atoms with E-state index in [2.05, 4.69) is 5.32 Å². The Hall–Kier alpha value is -2.33.